The average Bonchev–Trinajstić information content (AvgIpc) is 3.05. The molecule has 1 aliphatic heterocycles. The fraction of sp³-hybridized carbons (Fsp3) is 0.278. The van der Waals surface area contributed by atoms with Gasteiger partial charge in [-0.3, -0.25) is 0 Å². The van der Waals surface area contributed by atoms with Gasteiger partial charge in [0, 0.05) is 28.7 Å². The molecule has 0 aliphatic carbocycles. The number of aromatic nitrogens is 2. The predicted molar refractivity (Wildman–Crippen MR) is 104 cm³/mol. The molecular formula is C18H19N5OS. The van der Waals surface area contributed by atoms with E-state index in [9.17, 15) is 0 Å². The molecular weight excluding hydrogens is 334 g/mol. The monoisotopic (exact) mass is 353 g/mol. The van der Waals surface area contributed by atoms with Gasteiger partial charge in [0.1, 0.15) is 0 Å². The highest BCUT2D eigenvalue weighted by atomic mass is 32.1. The second-order valence-electron chi connectivity index (χ2n) is 5.77. The zero-order valence-electron chi connectivity index (χ0n) is 14.0. The molecule has 0 saturated carbocycles. The average molecular weight is 353 g/mol. The Bertz CT molecular complexity index is 972. The Hall–Kier alpha value is -2.51. The topological polar surface area (TPSA) is 76.6 Å². The largest absolute Gasteiger partial charge is 0.378 e. The van der Waals surface area contributed by atoms with Gasteiger partial charge < -0.3 is 15.5 Å². The number of hydrogen-bond acceptors (Lipinski definition) is 7. The van der Waals surface area contributed by atoms with Gasteiger partial charge in [-0.15, -0.1) is 11.3 Å². The first-order valence-electron chi connectivity index (χ1n) is 8.23. The number of benzene rings is 1. The number of hydrogen-bond donors (Lipinski definition) is 1. The molecule has 0 unspecified atom stereocenters. The molecule has 4 rings (SSSR count). The van der Waals surface area contributed by atoms with Crippen molar-refractivity contribution in [3.05, 3.63) is 36.2 Å². The van der Waals surface area contributed by atoms with Crippen LogP contribution in [0.2, 0.25) is 0 Å². The molecule has 3 heterocycles. The summed E-state index contributed by atoms with van der Waals surface area (Å²) in [7, 11) is 0. The van der Waals surface area contributed by atoms with Crippen molar-refractivity contribution in [2.75, 3.05) is 31.2 Å². The van der Waals surface area contributed by atoms with Crippen LogP contribution < -0.4 is 10.7 Å². The number of ether oxygens (including phenoxy) is 1. The van der Waals surface area contributed by atoms with E-state index in [2.05, 4.69) is 28.2 Å². The molecule has 6 nitrogen and oxygen atoms in total. The van der Waals surface area contributed by atoms with Crippen molar-refractivity contribution in [3.63, 3.8) is 0 Å². The Morgan fingerprint density at radius 2 is 2.08 bits per heavy atom. The van der Waals surface area contributed by atoms with Crippen LogP contribution in [-0.2, 0) is 4.74 Å². The summed E-state index contributed by atoms with van der Waals surface area (Å²) >= 11 is 1.74. The maximum Gasteiger partial charge on any atom is 0.163 e. The van der Waals surface area contributed by atoms with Gasteiger partial charge in [0.05, 0.1) is 29.6 Å². The molecule has 2 aromatic heterocycles. The van der Waals surface area contributed by atoms with E-state index in [1.54, 1.807) is 17.6 Å². The molecule has 1 fully saturated rings. The number of fused-ring (bicyclic) bond motifs is 3. The fourth-order valence-electron chi connectivity index (χ4n) is 3.04. The Morgan fingerprint density at radius 1 is 1.28 bits per heavy atom. The minimum absolute atomic E-state index is 0.647. The third kappa shape index (κ3) is 2.85. The van der Waals surface area contributed by atoms with Gasteiger partial charge in [-0.1, -0.05) is 24.3 Å². The smallest absolute Gasteiger partial charge is 0.163 e. The van der Waals surface area contributed by atoms with E-state index in [0.717, 1.165) is 40.1 Å². The minimum Gasteiger partial charge on any atom is -0.378 e. The van der Waals surface area contributed by atoms with Crippen molar-refractivity contribution in [3.8, 4) is 0 Å². The second kappa shape index (κ2) is 6.78. The van der Waals surface area contributed by atoms with E-state index in [-0.39, 0.29) is 0 Å². The van der Waals surface area contributed by atoms with E-state index in [0.29, 0.717) is 19.0 Å². The van der Waals surface area contributed by atoms with Crippen LogP contribution in [0.4, 0.5) is 5.82 Å². The van der Waals surface area contributed by atoms with E-state index in [1.807, 2.05) is 19.1 Å². The summed E-state index contributed by atoms with van der Waals surface area (Å²) in [5.74, 6) is 6.97. The maximum absolute atomic E-state index is 5.50. The number of hydrazone groups is 1. The van der Waals surface area contributed by atoms with Gasteiger partial charge in [-0.2, -0.15) is 5.10 Å². The number of anilines is 1. The lowest BCUT2D eigenvalue weighted by atomic mass is 10.2. The third-order valence-electron chi connectivity index (χ3n) is 4.30. The summed E-state index contributed by atoms with van der Waals surface area (Å²) in [5, 5.41) is 4.80. The third-order valence-corrected chi connectivity index (χ3v) is 5.45. The lowest BCUT2D eigenvalue weighted by Gasteiger charge is -2.28. The summed E-state index contributed by atoms with van der Waals surface area (Å²) < 4.78 is 7.83. The Kier molecular flexibility index (Phi) is 4.33. The summed E-state index contributed by atoms with van der Waals surface area (Å²) in [6, 6.07) is 8.34. The lowest BCUT2D eigenvalue weighted by molar-refractivity contribution is 0.122. The van der Waals surface area contributed by atoms with Crippen LogP contribution in [0.3, 0.4) is 0 Å². The Morgan fingerprint density at radius 3 is 2.84 bits per heavy atom. The van der Waals surface area contributed by atoms with Gasteiger partial charge in [-0.25, -0.2) is 9.97 Å². The van der Waals surface area contributed by atoms with E-state index in [1.165, 1.54) is 4.70 Å². The van der Waals surface area contributed by atoms with Crippen LogP contribution in [0.1, 0.15) is 12.7 Å². The van der Waals surface area contributed by atoms with Gasteiger partial charge in [0.2, 0.25) is 0 Å². The quantitative estimate of drug-likeness (QED) is 0.445. The number of rotatable bonds is 3. The van der Waals surface area contributed by atoms with Gasteiger partial charge in [0.25, 0.3) is 0 Å². The van der Waals surface area contributed by atoms with Gasteiger partial charge in [0.15, 0.2) is 11.6 Å². The van der Waals surface area contributed by atoms with Crippen LogP contribution in [0.25, 0.3) is 25.9 Å². The second-order valence-corrected chi connectivity index (χ2v) is 6.82. The molecule has 0 amide bonds. The fourth-order valence-corrected chi connectivity index (χ4v) is 4.20. The van der Waals surface area contributed by atoms with Crippen molar-refractivity contribution in [1.29, 1.82) is 0 Å². The summed E-state index contributed by atoms with van der Waals surface area (Å²) in [6.07, 6.45) is 3.52. The molecule has 0 spiro atoms. The molecule has 1 aromatic carbocycles. The molecule has 25 heavy (non-hydrogen) atoms. The Labute approximate surface area is 149 Å². The van der Waals surface area contributed by atoms with Crippen LogP contribution in [0.5, 0.6) is 0 Å². The van der Waals surface area contributed by atoms with Crippen molar-refractivity contribution in [2.45, 2.75) is 6.92 Å². The molecule has 128 valence electrons. The van der Waals surface area contributed by atoms with Crippen molar-refractivity contribution in [1.82, 2.24) is 9.97 Å². The van der Waals surface area contributed by atoms with Gasteiger partial charge in [-0.05, 0) is 13.0 Å². The summed E-state index contributed by atoms with van der Waals surface area (Å²) in [6.45, 7) is 5.02. The van der Waals surface area contributed by atoms with Crippen molar-refractivity contribution >= 4 is 49.2 Å². The summed E-state index contributed by atoms with van der Waals surface area (Å²) in [4.78, 5) is 12.0. The highest BCUT2D eigenvalue weighted by molar-refractivity contribution is 7.26. The van der Waals surface area contributed by atoms with Crippen molar-refractivity contribution < 1.29 is 4.74 Å². The van der Waals surface area contributed by atoms with Crippen LogP contribution in [0, 0.1) is 0 Å². The van der Waals surface area contributed by atoms with Crippen molar-refractivity contribution in [2.24, 2.45) is 10.9 Å². The predicted octanol–water partition coefficient (Wildman–Crippen LogP) is 3.03. The number of nitrogens with two attached hydrogens (primary N) is 1. The number of morpholine rings is 1. The first-order valence-corrected chi connectivity index (χ1v) is 9.05. The molecule has 2 N–H and O–H groups in total. The highest BCUT2D eigenvalue weighted by Gasteiger charge is 2.21. The zero-order valence-corrected chi connectivity index (χ0v) is 14.8. The lowest BCUT2D eigenvalue weighted by Crippen LogP contribution is -2.37. The van der Waals surface area contributed by atoms with E-state index >= 15 is 0 Å². The highest BCUT2D eigenvalue weighted by Crippen LogP contribution is 2.38. The molecule has 3 aromatic rings. The van der Waals surface area contributed by atoms with Crippen LogP contribution in [0.15, 0.2) is 35.4 Å². The SMILES string of the molecule is C/C=C(\C=N/N)c1nc(N2CCOCC2)c2sc3ccccc3c2n1. The Balaban J connectivity index is 1.99. The zero-order chi connectivity index (χ0) is 17.2. The van der Waals surface area contributed by atoms with Gasteiger partial charge >= 0.3 is 0 Å². The first kappa shape index (κ1) is 16.0. The van der Waals surface area contributed by atoms with Crippen LogP contribution >= 0.6 is 11.3 Å². The number of thiophene rings is 1. The maximum atomic E-state index is 5.50. The summed E-state index contributed by atoms with van der Waals surface area (Å²) in [5.41, 5.74) is 1.80. The van der Waals surface area contributed by atoms with E-state index < -0.39 is 0 Å². The standard InChI is InChI=1S/C18H19N5OS/c1-2-12(11-20-19)17-21-15-13-5-3-4-6-14(13)25-16(15)18(22-17)23-7-9-24-10-8-23/h2-6,11H,7-10,19H2,1H3/b12-2+,20-11-. The molecule has 1 aliphatic rings. The molecule has 7 heteroatoms. The molecule has 0 radical (unpaired) electrons. The number of allylic oxidation sites excluding steroid dienone is 2. The first-order chi connectivity index (χ1) is 12.3. The normalized spacial score (nSPS) is 16.4. The molecule has 0 bridgehead atoms. The van der Waals surface area contributed by atoms with Crippen LogP contribution in [-0.4, -0.2) is 42.5 Å². The molecule has 0 atom stereocenters. The van der Waals surface area contributed by atoms with E-state index in [4.69, 9.17) is 20.5 Å². The minimum atomic E-state index is 0.647. The molecule has 1 saturated heterocycles. The number of nitrogens with zero attached hydrogens (tertiary/aromatic N) is 4.